The molecule has 6 heteroatoms. The van der Waals surface area contributed by atoms with E-state index in [1.54, 1.807) is 25.3 Å². The Kier molecular flexibility index (Phi) is 10.1. The van der Waals surface area contributed by atoms with Crippen LogP contribution in [-0.2, 0) is 15.9 Å². The second kappa shape index (κ2) is 13.5. The lowest BCUT2D eigenvalue weighted by atomic mass is 9.97. The first kappa shape index (κ1) is 29.3. The van der Waals surface area contributed by atoms with Crippen LogP contribution in [-0.4, -0.2) is 29.8 Å². The third-order valence-corrected chi connectivity index (χ3v) is 5.74. The zero-order chi connectivity index (χ0) is 28.3. The van der Waals surface area contributed by atoms with Gasteiger partial charge in [0.15, 0.2) is 0 Å². The highest BCUT2D eigenvalue weighted by molar-refractivity contribution is 5.65. The molecule has 204 valence electrons. The van der Waals surface area contributed by atoms with Gasteiger partial charge in [0.05, 0.1) is 6.26 Å². The van der Waals surface area contributed by atoms with Gasteiger partial charge in [-0.1, -0.05) is 72.8 Å². The van der Waals surface area contributed by atoms with Gasteiger partial charge in [-0.3, -0.25) is 0 Å². The number of carbonyl (C=O) groups excluding carboxylic acids is 1. The van der Waals surface area contributed by atoms with Crippen LogP contribution in [0.15, 0.2) is 91.2 Å². The second-order valence-corrected chi connectivity index (χ2v) is 10.0. The molecule has 0 bridgehead atoms. The molecule has 0 heterocycles. The van der Waals surface area contributed by atoms with Crippen molar-refractivity contribution >= 4 is 24.4 Å². The lowest BCUT2D eigenvalue weighted by molar-refractivity contribution is -0.134. The Morgan fingerprint density at radius 2 is 1.23 bits per heavy atom. The molecule has 0 amide bonds. The van der Waals surface area contributed by atoms with Crippen molar-refractivity contribution in [2.75, 3.05) is 7.11 Å². The minimum absolute atomic E-state index is 0.405. The molecule has 0 aromatic heterocycles. The Labute approximate surface area is 230 Å². The van der Waals surface area contributed by atoms with Crippen molar-refractivity contribution in [2.24, 2.45) is 0 Å². The van der Waals surface area contributed by atoms with E-state index < -0.39 is 17.5 Å². The highest BCUT2D eigenvalue weighted by atomic mass is 16.7. The fourth-order valence-corrected chi connectivity index (χ4v) is 3.66. The minimum atomic E-state index is -0.756. The quantitative estimate of drug-likeness (QED) is 0.0888. The Hall–Kier alpha value is -4.29. The Morgan fingerprint density at radius 1 is 0.744 bits per heavy atom. The number of allylic oxidation sites excluding steroid dienone is 2. The summed E-state index contributed by atoms with van der Waals surface area (Å²) in [4.78, 5) is 12.4. The fraction of sp³-hybridized carbons (Fsp3) is 0.242. The molecule has 0 saturated heterocycles. The average Bonchev–Trinajstić information content (AvgIpc) is 2.89. The van der Waals surface area contributed by atoms with E-state index in [-0.39, 0.29) is 0 Å². The van der Waals surface area contributed by atoms with Gasteiger partial charge >= 0.3 is 6.16 Å². The van der Waals surface area contributed by atoms with Crippen LogP contribution in [0.4, 0.5) is 4.79 Å². The first-order valence-corrected chi connectivity index (χ1v) is 12.7. The van der Waals surface area contributed by atoms with E-state index in [2.05, 4.69) is 0 Å². The van der Waals surface area contributed by atoms with Gasteiger partial charge in [-0.2, -0.15) is 0 Å². The van der Waals surface area contributed by atoms with Crippen molar-refractivity contribution in [3.05, 3.63) is 113 Å². The molecule has 0 saturated carbocycles. The third-order valence-electron chi connectivity index (χ3n) is 5.74. The third kappa shape index (κ3) is 10.2. The van der Waals surface area contributed by atoms with Crippen molar-refractivity contribution in [3.63, 3.8) is 0 Å². The molecule has 0 spiro atoms. The molecule has 6 nitrogen and oxygen atoms in total. The summed E-state index contributed by atoms with van der Waals surface area (Å²) in [7, 11) is 1.61. The molecule has 3 aromatic rings. The molecular weight excluding hydrogens is 492 g/mol. The van der Waals surface area contributed by atoms with Gasteiger partial charge < -0.3 is 24.1 Å². The van der Waals surface area contributed by atoms with E-state index in [4.69, 9.17) is 24.1 Å². The smallest absolute Gasteiger partial charge is 0.514 e. The molecular formula is C33H36O6. The van der Waals surface area contributed by atoms with Gasteiger partial charge in [0.25, 0.3) is 0 Å². The predicted molar refractivity (Wildman–Crippen MR) is 156 cm³/mol. The topological polar surface area (TPSA) is 74.2 Å². The normalized spacial score (nSPS) is 12.3. The fourth-order valence-electron chi connectivity index (χ4n) is 3.66. The van der Waals surface area contributed by atoms with Crippen molar-refractivity contribution < 1.29 is 28.8 Å². The molecule has 3 aromatic carbocycles. The van der Waals surface area contributed by atoms with E-state index in [1.807, 2.05) is 113 Å². The van der Waals surface area contributed by atoms with Crippen LogP contribution in [0.1, 0.15) is 49.9 Å². The molecule has 0 radical (unpaired) electrons. The molecule has 3 rings (SSSR count). The Bertz CT molecular complexity index is 1280. The standard InChI is InChI=1S/C33H36O6/c1-32(2,24-28-12-10-27(11-13-28)22-23-34)39-31(35)37-29-18-14-25(15-19-29)8-6-7-9-26-16-20-30(21-17-26)38-33(3,4)36-5/h6-23,34H,24H2,1-5H3. The van der Waals surface area contributed by atoms with Crippen LogP contribution in [0.5, 0.6) is 11.5 Å². The summed E-state index contributed by atoms with van der Waals surface area (Å²) < 4.78 is 22.0. The van der Waals surface area contributed by atoms with Gasteiger partial charge in [-0.05, 0) is 66.4 Å². The molecule has 0 aliphatic rings. The van der Waals surface area contributed by atoms with Crippen LogP contribution >= 0.6 is 0 Å². The van der Waals surface area contributed by atoms with Crippen molar-refractivity contribution in [1.29, 1.82) is 0 Å². The largest absolute Gasteiger partial charge is 0.516 e. The lowest BCUT2D eigenvalue weighted by Crippen LogP contribution is -2.32. The first-order chi connectivity index (χ1) is 18.6. The molecule has 1 N–H and O–H groups in total. The number of hydrogen-bond acceptors (Lipinski definition) is 6. The Morgan fingerprint density at radius 3 is 1.74 bits per heavy atom. The van der Waals surface area contributed by atoms with E-state index in [0.29, 0.717) is 12.2 Å². The van der Waals surface area contributed by atoms with Gasteiger partial charge in [0.1, 0.15) is 17.1 Å². The highest BCUT2D eigenvalue weighted by Crippen LogP contribution is 2.22. The number of ether oxygens (including phenoxy) is 4. The summed E-state index contributed by atoms with van der Waals surface area (Å²) in [5.74, 6) is 0.472. The molecule has 0 unspecified atom stereocenters. The maximum Gasteiger partial charge on any atom is 0.514 e. The van der Waals surface area contributed by atoms with Gasteiger partial charge in [0.2, 0.25) is 5.79 Å². The monoisotopic (exact) mass is 528 g/mol. The second-order valence-electron chi connectivity index (χ2n) is 10.0. The van der Waals surface area contributed by atoms with Crippen LogP contribution in [0.25, 0.3) is 18.2 Å². The van der Waals surface area contributed by atoms with Crippen LogP contribution in [0.2, 0.25) is 0 Å². The molecule has 0 fully saturated rings. The molecule has 39 heavy (non-hydrogen) atoms. The van der Waals surface area contributed by atoms with Gasteiger partial charge in [-0.25, -0.2) is 4.79 Å². The van der Waals surface area contributed by atoms with Gasteiger partial charge in [0, 0.05) is 27.4 Å². The van der Waals surface area contributed by atoms with Crippen LogP contribution in [0, 0.1) is 0 Å². The van der Waals surface area contributed by atoms with Gasteiger partial charge in [-0.15, -0.1) is 0 Å². The average molecular weight is 529 g/mol. The number of carbonyl (C=O) groups is 1. The van der Waals surface area contributed by atoms with E-state index in [0.717, 1.165) is 34.3 Å². The van der Waals surface area contributed by atoms with Crippen molar-refractivity contribution in [3.8, 4) is 11.5 Å². The first-order valence-electron chi connectivity index (χ1n) is 12.7. The number of aliphatic hydroxyl groups is 1. The van der Waals surface area contributed by atoms with Crippen molar-refractivity contribution in [2.45, 2.75) is 45.5 Å². The van der Waals surface area contributed by atoms with E-state index in [9.17, 15) is 4.79 Å². The molecule has 0 aliphatic heterocycles. The number of methoxy groups -OCH3 is 1. The summed E-state index contributed by atoms with van der Waals surface area (Å²) in [5, 5.41) is 8.87. The number of benzene rings is 3. The van der Waals surface area contributed by atoms with Crippen LogP contribution < -0.4 is 9.47 Å². The number of rotatable bonds is 11. The molecule has 0 aliphatic carbocycles. The summed E-state index contributed by atoms with van der Waals surface area (Å²) in [6.07, 6.45) is 10.2. The zero-order valence-corrected chi connectivity index (χ0v) is 23.1. The van der Waals surface area contributed by atoms with E-state index in [1.165, 1.54) is 0 Å². The van der Waals surface area contributed by atoms with Crippen LogP contribution in [0.3, 0.4) is 0 Å². The number of hydrogen-bond donors (Lipinski definition) is 1. The highest BCUT2D eigenvalue weighted by Gasteiger charge is 2.25. The predicted octanol–water partition coefficient (Wildman–Crippen LogP) is 8.24. The van der Waals surface area contributed by atoms with Crippen molar-refractivity contribution in [1.82, 2.24) is 0 Å². The summed E-state index contributed by atoms with van der Waals surface area (Å²) >= 11 is 0. The summed E-state index contributed by atoms with van der Waals surface area (Å²) in [5.41, 5.74) is 3.14. The molecule has 0 atom stereocenters. The SMILES string of the molecule is COC(C)(C)Oc1ccc(C=CC=Cc2ccc(OC(=O)OC(C)(C)Cc3ccc(C=CO)cc3)cc2)cc1. The maximum absolute atomic E-state index is 12.4. The maximum atomic E-state index is 12.4. The minimum Gasteiger partial charge on any atom is -0.516 e. The van der Waals surface area contributed by atoms with E-state index >= 15 is 0 Å². The summed E-state index contributed by atoms with van der Waals surface area (Å²) in [6, 6.07) is 22.6. The zero-order valence-electron chi connectivity index (χ0n) is 23.1. The Balaban J connectivity index is 1.47. The number of aliphatic hydroxyl groups excluding tert-OH is 1. The lowest BCUT2D eigenvalue weighted by Gasteiger charge is -2.24. The summed E-state index contributed by atoms with van der Waals surface area (Å²) in [6.45, 7) is 7.39.